The monoisotopic (exact) mass is 862 g/mol. The van der Waals surface area contributed by atoms with E-state index < -0.39 is 24.3 Å². The van der Waals surface area contributed by atoms with Gasteiger partial charge in [0.25, 0.3) is 0 Å². The van der Waals surface area contributed by atoms with Gasteiger partial charge in [-0.2, -0.15) is 0 Å². The van der Waals surface area contributed by atoms with Crippen molar-refractivity contribution in [1.29, 1.82) is 0 Å². The average Bonchev–Trinajstić information content (AvgIpc) is 4.17. The number of hydrogen-bond acceptors (Lipinski definition) is 8. The Bertz CT molecular complexity index is 2330. The Labute approximate surface area is 372 Å². The number of rotatable bonds is 15. The minimum Gasteiger partial charge on any atom is -0.453 e. The van der Waals surface area contributed by atoms with Crippen LogP contribution in [0, 0.1) is 0 Å². The number of likely N-dealkylation sites (tertiary alicyclic amines) is 2. The van der Waals surface area contributed by atoms with Gasteiger partial charge in [-0.15, -0.1) is 0 Å². The second-order valence-electron chi connectivity index (χ2n) is 16.5. The molecule has 0 radical (unpaired) electrons. The van der Waals surface area contributed by atoms with E-state index in [1.165, 1.54) is 14.2 Å². The summed E-state index contributed by atoms with van der Waals surface area (Å²) < 4.78 is 9.71. The Morgan fingerprint density at radius 1 is 0.578 bits per heavy atom. The maximum Gasteiger partial charge on any atom is 0.407 e. The van der Waals surface area contributed by atoms with Crippen LogP contribution in [0.5, 0.6) is 0 Å². The largest absolute Gasteiger partial charge is 0.453 e. The van der Waals surface area contributed by atoms with Gasteiger partial charge in [-0.05, 0) is 71.9 Å². The average molecular weight is 863 g/mol. The van der Waals surface area contributed by atoms with Crippen molar-refractivity contribution in [3.63, 3.8) is 0 Å². The van der Waals surface area contributed by atoms with E-state index in [1.807, 2.05) is 82.9 Å². The quantitative estimate of drug-likeness (QED) is 0.0800. The number of imidazole rings is 2. The van der Waals surface area contributed by atoms with E-state index >= 15 is 0 Å². The Morgan fingerprint density at radius 2 is 0.953 bits per heavy atom. The minimum absolute atomic E-state index is 0.0375. The molecule has 8 rings (SSSR count). The summed E-state index contributed by atoms with van der Waals surface area (Å²) in [7, 11) is 2.64. The number of hydrogen-bond donors (Lipinski definition) is 4. The molecule has 4 amide bonds. The fraction of sp³-hybridized carbons (Fsp3) is 0.320. The minimum atomic E-state index is -0.560. The zero-order valence-corrected chi connectivity index (χ0v) is 36.2. The van der Waals surface area contributed by atoms with Crippen molar-refractivity contribution < 1.29 is 28.7 Å². The topological polar surface area (TPSA) is 175 Å². The highest BCUT2D eigenvalue weighted by molar-refractivity contribution is 5.80. The van der Waals surface area contributed by atoms with Crippen LogP contribution >= 0.6 is 0 Å². The van der Waals surface area contributed by atoms with E-state index in [0.717, 1.165) is 82.1 Å². The molecule has 64 heavy (non-hydrogen) atoms. The first-order chi connectivity index (χ1) is 31.2. The van der Waals surface area contributed by atoms with Gasteiger partial charge in [0, 0.05) is 38.0 Å². The highest BCUT2D eigenvalue weighted by atomic mass is 16.5. The number of benzene rings is 4. The summed E-state index contributed by atoms with van der Waals surface area (Å²) in [5.41, 5.74) is 7.88. The molecule has 4 aromatic carbocycles. The van der Waals surface area contributed by atoms with Gasteiger partial charge in [0.05, 0.1) is 50.1 Å². The zero-order chi connectivity index (χ0) is 44.4. The summed E-state index contributed by atoms with van der Waals surface area (Å²) in [6.45, 7) is 1.25. The highest BCUT2D eigenvalue weighted by Crippen LogP contribution is 2.35. The maximum atomic E-state index is 13.7. The van der Waals surface area contributed by atoms with Gasteiger partial charge in [-0.1, -0.05) is 109 Å². The van der Waals surface area contributed by atoms with Gasteiger partial charge in [0.15, 0.2) is 0 Å². The summed E-state index contributed by atoms with van der Waals surface area (Å²) in [6, 6.07) is 35.0. The molecule has 0 unspecified atom stereocenters. The molecule has 4 atom stereocenters. The Morgan fingerprint density at radius 3 is 1.33 bits per heavy atom. The van der Waals surface area contributed by atoms with E-state index in [-0.39, 0.29) is 36.7 Å². The lowest BCUT2D eigenvalue weighted by Crippen LogP contribution is -2.42. The van der Waals surface area contributed by atoms with Crippen molar-refractivity contribution in [1.82, 2.24) is 40.4 Å². The molecule has 4 N–H and O–H groups in total. The van der Waals surface area contributed by atoms with Crippen LogP contribution in [-0.4, -0.2) is 93.1 Å². The molecule has 0 spiro atoms. The number of H-pyrrole nitrogens is 2. The second kappa shape index (κ2) is 20.3. The third-order valence-corrected chi connectivity index (χ3v) is 12.2. The van der Waals surface area contributed by atoms with Crippen LogP contribution in [0.25, 0.3) is 33.6 Å². The van der Waals surface area contributed by atoms with E-state index in [4.69, 9.17) is 19.4 Å². The predicted octanol–water partition coefficient (Wildman–Crippen LogP) is 8.18. The lowest BCUT2D eigenvalue weighted by atomic mass is 10.0. The molecule has 0 aliphatic carbocycles. The van der Waals surface area contributed by atoms with E-state index in [0.29, 0.717) is 25.9 Å². The molecule has 4 heterocycles. The van der Waals surface area contributed by atoms with E-state index in [1.54, 1.807) is 0 Å². The van der Waals surface area contributed by atoms with Gasteiger partial charge in [-0.3, -0.25) is 9.59 Å². The summed E-state index contributed by atoms with van der Waals surface area (Å²) >= 11 is 0. The number of methoxy groups -OCH3 is 2. The molecule has 2 aromatic heterocycles. The maximum absolute atomic E-state index is 13.7. The van der Waals surface area contributed by atoms with Crippen LogP contribution in [0.4, 0.5) is 9.59 Å². The summed E-state index contributed by atoms with van der Waals surface area (Å²) in [5, 5.41) is 5.69. The summed E-state index contributed by atoms with van der Waals surface area (Å²) in [5.74, 6) is 1.42. The number of aromatic amines is 2. The van der Waals surface area contributed by atoms with Gasteiger partial charge >= 0.3 is 12.2 Å². The van der Waals surface area contributed by atoms with Crippen LogP contribution in [0.15, 0.2) is 122 Å². The first kappa shape index (κ1) is 43.4. The Balaban J connectivity index is 0.881. The first-order valence-corrected chi connectivity index (χ1v) is 21.9. The predicted molar refractivity (Wildman–Crippen MR) is 243 cm³/mol. The number of aromatic nitrogens is 4. The molecule has 2 aliphatic rings. The molecule has 14 nitrogen and oxygen atoms in total. The van der Waals surface area contributed by atoms with Crippen LogP contribution in [-0.2, 0) is 31.9 Å². The van der Waals surface area contributed by atoms with Gasteiger partial charge in [0.1, 0.15) is 11.6 Å². The second-order valence-corrected chi connectivity index (χ2v) is 16.5. The third kappa shape index (κ3) is 10.5. The zero-order valence-electron chi connectivity index (χ0n) is 36.2. The van der Waals surface area contributed by atoms with Crippen LogP contribution in [0.1, 0.15) is 73.4 Å². The molecule has 0 bridgehead atoms. The van der Waals surface area contributed by atoms with Gasteiger partial charge in [0.2, 0.25) is 11.8 Å². The van der Waals surface area contributed by atoms with Gasteiger partial charge in [-0.25, -0.2) is 19.6 Å². The highest BCUT2D eigenvalue weighted by Gasteiger charge is 2.35. The molecule has 2 saturated heterocycles. The summed E-state index contributed by atoms with van der Waals surface area (Å²) in [6.07, 6.45) is 7.18. The standard InChI is InChI=1S/C50H54N8O6/c1-63-49(61)53-39(27-33-11-5-3-6-12-33)29-45(59)57-25-9-15-43(57)47-51-31-41(55-47)37-21-17-35(18-22-37)36-19-23-38(24-20-36)42-32-52-48(56-42)44-16-10-26-58(44)46(60)30-40(54-50(62)64-2)28-34-13-7-4-8-14-34/h3-8,11-14,17-24,31-32,39-40,43-44H,9-10,15-16,25-30H2,1-2H3,(H,51,55)(H,52,56)(H,53,61)(H,54,62)/t39-,40-,43+,44+/m1/s1. The van der Waals surface area contributed by atoms with Crippen molar-refractivity contribution in [3.8, 4) is 33.6 Å². The molecule has 0 saturated carbocycles. The molecular formula is C50H54N8O6. The lowest BCUT2D eigenvalue weighted by molar-refractivity contribution is -0.133. The SMILES string of the molecule is COC(=O)N[C@@H](CC(=O)N1CCC[C@H]1c1ncc(-c2ccc(-c3ccc(-c4cnc([C@@H]5CCCN5C(=O)C[C@@H](Cc5ccccc5)NC(=O)OC)[nH]4)cc3)cc2)[nH]1)Cc1ccccc1. The number of nitrogens with one attached hydrogen (secondary N) is 4. The Hall–Kier alpha value is -7.22. The first-order valence-electron chi connectivity index (χ1n) is 21.9. The van der Waals surface area contributed by atoms with Crippen molar-refractivity contribution in [3.05, 3.63) is 144 Å². The van der Waals surface area contributed by atoms with Crippen LogP contribution in [0.3, 0.4) is 0 Å². The molecule has 2 aliphatic heterocycles. The van der Waals surface area contributed by atoms with Gasteiger partial charge < -0.3 is 39.9 Å². The van der Waals surface area contributed by atoms with Crippen molar-refractivity contribution in [2.75, 3.05) is 27.3 Å². The molecule has 2 fully saturated rings. The number of carbonyl (C=O) groups is 4. The smallest absolute Gasteiger partial charge is 0.407 e. The number of alkyl carbamates (subject to hydrolysis) is 2. The molecular weight excluding hydrogens is 809 g/mol. The fourth-order valence-electron chi connectivity index (χ4n) is 8.94. The van der Waals surface area contributed by atoms with Crippen molar-refractivity contribution in [2.24, 2.45) is 0 Å². The van der Waals surface area contributed by atoms with Crippen molar-refractivity contribution in [2.45, 2.75) is 75.5 Å². The molecule has 14 heteroatoms. The number of ether oxygens (including phenoxy) is 2. The van der Waals surface area contributed by atoms with Crippen LogP contribution in [0.2, 0.25) is 0 Å². The van der Waals surface area contributed by atoms with Crippen molar-refractivity contribution >= 4 is 24.0 Å². The van der Waals surface area contributed by atoms with E-state index in [9.17, 15) is 19.2 Å². The Kier molecular flexibility index (Phi) is 13.8. The number of amides is 4. The summed E-state index contributed by atoms with van der Waals surface area (Å²) in [4.78, 5) is 71.9. The normalized spacial score (nSPS) is 16.8. The number of carbonyl (C=O) groups excluding carboxylic acids is 4. The fourth-order valence-corrected chi connectivity index (χ4v) is 8.94. The van der Waals surface area contributed by atoms with Crippen LogP contribution < -0.4 is 10.6 Å². The molecule has 6 aromatic rings. The molecule has 330 valence electrons. The van der Waals surface area contributed by atoms with E-state index in [2.05, 4.69) is 69.1 Å². The third-order valence-electron chi connectivity index (χ3n) is 12.2. The number of nitrogens with zero attached hydrogens (tertiary/aromatic N) is 4. The lowest BCUT2D eigenvalue weighted by Gasteiger charge is -2.26.